The Labute approximate surface area is 294 Å². The van der Waals surface area contributed by atoms with Crippen molar-refractivity contribution < 1.29 is 14.3 Å². The van der Waals surface area contributed by atoms with Crippen LogP contribution in [0.1, 0.15) is 106 Å². The van der Waals surface area contributed by atoms with Gasteiger partial charge in [-0.1, -0.05) is 56.5 Å². The van der Waals surface area contributed by atoms with Gasteiger partial charge in [0.1, 0.15) is 0 Å². The van der Waals surface area contributed by atoms with Crippen molar-refractivity contribution in [1.29, 1.82) is 0 Å². The zero-order valence-electron chi connectivity index (χ0n) is 29.5. The Hall–Kier alpha value is -2.64. The number of thioether (sulfide) groups is 2. The minimum atomic E-state index is -0.0865. The Kier molecular flexibility index (Phi) is 21.9. The van der Waals surface area contributed by atoms with Crippen molar-refractivity contribution in [3.63, 3.8) is 0 Å². The average molecular weight is 681 g/mol. The van der Waals surface area contributed by atoms with Crippen molar-refractivity contribution in [2.45, 2.75) is 89.9 Å². The fraction of sp³-hybridized carbons (Fsp3) is 0.550. The second kappa shape index (κ2) is 25.4. The zero-order valence-corrected chi connectivity index (χ0v) is 31.1. The highest BCUT2D eigenvalue weighted by molar-refractivity contribution is 7.99. The summed E-state index contributed by atoms with van der Waals surface area (Å²) in [4.78, 5) is 26.5. The van der Waals surface area contributed by atoms with Gasteiger partial charge in [0.25, 0.3) is 0 Å². The fourth-order valence-electron chi connectivity index (χ4n) is 5.13. The zero-order chi connectivity index (χ0) is 34.1. The number of hydrogen-bond donors (Lipinski definition) is 1. The van der Waals surface area contributed by atoms with Crippen molar-refractivity contribution >= 4 is 52.2 Å². The third kappa shape index (κ3) is 19.1. The standard InChI is InChI=1S/C40H60N2O3S2/c1-33(15-10-11-17-39(43)36-18-22-37(41-3)23-19-36)26-31-46-29-12-8-6-7-9-13-30-47-32-27-40(44)45-28-14-16-34(2)35-20-24-38(25-21-35)42(4)5/h18-25,41H,1-2,6-17,26-32H2,3-5H3. The highest BCUT2D eigenvalue weighted by Gasteiger charge is 2.07. The van der Waals surface area contributed by atoms with Crippen LogP contribution in [0.4, 0.5) is 11.4 Å². The van der Waals surface area contributed by atoms with Gasteiger partial charge in [-0.25, -0.2) is 0 Å². The van der Waals surface area contributed by atoms with Crippen molar-refractivity contribution in [3.8, 4) is 0 Å². The maximum atomic E-state index is 12.3. The van der Waals surface area contributed by atoms with Gasteiger partial charge in [0.15, 0.2) is 5.78 Å². The molecule has 0 aromatic heterocycles. The van der Waals surface area contributed by atoms with E-state index in [9.17, 15) is 9.59 Å². The summed E-state index contributed by atoms with van der Waals surface area (Å²) in [5.41, 5.74) is 6.55. The molecular formula is C40H60N2O3S2. The van der Waals surface area contributed by atoms with Gasteiger partial charge < -0.3 is 15.0 Å². The monoisotopic (exact) mass is 680 g/mol. The number of benzene rings is 2. The van der Waals surface area contributed by atoms with Gasteiger partial charge >= 0.3 is 5.97 Å². The number of carbonyl (C=O) groups is 2. The first-order valence-corrected chi connectivity index (χ1v) is 19.9. The van der Waals surface area contributed by atoms with Gasteiger partial charge in [-0.05, 0) is 116 Å². The molecule has 0 unspecified atom stereocenters. The van der Waals surface area contributed by atoms with Crippen LogP contribution in [0.5, 0.6) is 0 Å². The molecule has 2 aromatic rings. The van der Waals surface area contributed by atoms with Gasteiger partial charge in [0.2, 0.25) is 0 Å². The first-order chi connectivity index (χ1) is 22.8. The maximum absolute atomic E-state index is 12.3. The van der Waals surface area contributed by atoms with Crippen molar-refractivity contribution in [2.24, 2.45) is 0 Å². The van der Waals surface area contributed by atoms with Crippen LogP contribution in [-0.2, 0) is 9.53 Å². The third-order valence-corrected chi connectivity index (χ3v) is 10.4. The summed E-state index contributed by atoms with van der Waals surface area (Å²) in [6.45, 7) is 8.91. The van der Waals surface area contributed by atoms with E-state index < -0.39 is 0 Å². The molecule has 0 bridgehead atoms. The van der Waals surface area contributed by atoms with E-state index in [1.165, 1.54) is 55.5 Å². The van der Waals surface area contributed by atoms with Gasteiger partial charge in [-0.3, -0.25) is 9.59 Å². The lowest BCUT2D eigenvalue weighted by atomic mass is 10.0. The van der Waals surface area contributed by atoms with Gasteiger partial charge in [-0.15, -0.1) is 0 Å². The number of nitrogens with one attached hydrogen (secondary N) is 1. The summed E-state index contributed by atoms with van der Waals surface area (Å²) < 4.78 is 5.42. The molecule has 0 radical (unpaired) electrons. The first-order valence-electron chi connectivity index (χ1n) is 17.5. The number of esters is 1. The molecule has 0 saturated heterocycles. The van der Waals surface area contributed by atoms with Crippen LogP contribution in [0.25, 0.3) is 5.57 Å². The molecule has 0 aliphatic carbocycles. The Morgan fingerprint density at radius 2 is 1.23 bits per heavy atom. The lowest BCUT2D eigenvalue weighted by Gasteiger charge is -2.13. The number of unbranched alkanes of at least 4 members (excludes halogenated alkanes) is 6. The average Bonchev–Trinajstić information content (AvgIpc) is 3.08. The van der Waals surface area contributed by atoms with Crippen LogP contribution in [-0.4, -0.2) is 62.5 Å². The highest BCUT2D eigenvalue weighted by Crippen LogP contribution is 2.22. The van der Waals surface area contributed by atoms with Crippen molar-refractivity contribution in [2.75, 3.05) is 61.0 Å². The molecule has 0 fully saturated rings. The molecule has 7 heteroatoms. The van der Waals surface area contributed by atoms with E-state index in [0.29, 0.717) is 19.4 Å². The Morgan fingerprint density at radius 3 is 1.85 bits per heavy atom. The molecule has 0 aliphatic heterocycles. The second-order valence-electron chi connectivity index (χ2n) is 12.4. The smallest absolute Gasteiger partial charge is 0.306 e. The fourth-order valence-corrected chi connectivity index (χ4v) is 7.10. The normalized spacial score (nSPS) is 10.9. The third-order valence-electron chi connectivity index (χ3n) is 8.24. The summed E-state index contributed by atoms with van der Waals surface area (Å²) in [5, 5.41) is 3.08. The molecule has 1 N–H and O–H groups in total. The van der Waals surface area contributed by atoms with E-state index in [1.807, 2.05) is 68.9 Å². The quantitative estimate of drug-likeness (QED) is 0.0415. The molecule has 0 saturated carbocycles. The van der Waals surface area contributed by atoms with Crippen LogP contribution < -0.4 is 10.2 Å². The van der Waals surface area contributed by atoms with Crippen LogP contribution in [0.15, 0.2) is 67.3 Å². The van der Waals surface area contributed by atoms with Crippen LogP contribution >= 0.6 is 23.5 Å². The summed E-state index contributed by atoms with van der Waals surface area (Å²) in [7, 11) is 5.95. The molecule has 47 heavy (non-hydrogen) atoms. The largest absolute Gasteiger partial charge is 0.466 e. The molecule has 2 rings (SSSR count). The van der Waals surface area contributed by atoms with Gasteiger partial charge in [0.05, 0.1) is 13.0 Å². The topological polar surface area (TPSA) is 58.6 Å². The van der Waals surface area contributed by atoms with Crippen LogP contribution in [0.2, 0.25) is 0 Å². The van der Waals surface area contributed by atoms with E-state index in [0.717, 1.165) is 78.2 Å². The van der Waals surface area contributed by atoms with Crippen LogP contribution in [0.3, 0.4) is 0 Å². The molecule has 0 atom stereocenters. The lowest BCUT2D eigenvalue weighted by Crippen LogP contribution is -2.08. The number of Topliss-reactive ketones (excluding diaryl/α,β-unsaturated/α-hetero) is 1. The SMILES string of the molecule is C=C(CCCCC(=O)c1ccc(NC)cc1)CCSCCCCCCCCSCCC(=O)OCCCC(=C)c1ccc(N(C)C)cc1. The van der Waals surface area contributed by atoms with E-state index in [-0.39, 0.29) is 11.8 Å². The number of hydrogen-bond acceptors (Lipinski definition) is 7. The molecule has 0 heterocycles. The lowest BCUT2D eigenvalue weighted by molar-refractivity contribution is -0.143. The summed E-state index contributed by atoms with van der Waals surface area (Å²) >= 11 is 3.91. The minimum absolute atomic E-state index is 0.0865. The number of allylic oxidation sites excluding steroid dienone is 2. The first kappa shape index (κ1) is 40.5. The number of ketones is 1. The van der Waals surface area contributed by atoms with Crippen LogP contribution in [0, 0.1) is 0 Å². The second-order valence-corrected chi connectivity index (χ2v) is 14.9. The number of ether oxygens (including phenoxy) is 1. The van der Waals surface area contributed by atoms with E-state index >= 15 is 0 Å². The number of rotatable bonds is 28. The highest BCUT2D eigenvalue weighted by atomic mass is 32.2. The van der Waals surface area contributed by atoms with Gasteiger partial charge in [0, 0.05) is 50.3 Å². The Bertz CT molecular complexity index is 1180. The predicted molar refractivity (Wildman–Crippen MR) is 210 cm³/mol. The molecular weight excluding hydrogens is 621 g/mol. The molecule has 260 valence electrons. The molecule has 0 amide bonds. The minimum Gasteiger partial charge on any atom is -0.466 e. The molecule has 0 aliphatic rings. The van der Waals surface area contributed by atoms with Crippen molar-refractivity contribution in [1.82, 2.24) is 0 Å². The summed E-state index contributed by atoms with van der Waals surface area (Å²) in [6, 6.07) is 16.1. The van der Waals surface area contributed by atoms with E-state index in [2.05, 4.69) is 47.6 Å². The van der Waals surface area contributed by atoms with E-state index in [1.54, 1.807) is 0 Å². The van der Waals surface area contributed by atoms with Crippen molar-refractivity contribution in [3.05, 3.63) is 78.4 Å². The number of nitrogens with zero attached hydrogens (tertiary/aromatic N) is 1. The Balaban J connectivity index is 1.30. The van der Waals surface area contributed by atoms with Gasteiger partial charge in [-0.2, -0.15) is 23.5 Å². The predicted octanol–water partition coefficient (Wildman–Crippen LogP) is 10.7. The number of carbonyl (C=O) groups excluding carboxylic acids is 2. The summed E-state index contributed by atoms with van der Waals surface area (Å²) in [6.07, 6.45) is 14.6. The Morgan fingerprint density at radius 1 is 0.660 bits per heavy atom. The molecule has 2 aromatic carbocycles. The molecule has 5 nitrogen and oxygen atoms in total. The number of anilines is 2. The van der Waals surface area contributed by atoms with E-state index in [4.69, 9.17) is 4.74 Å². The maximum Gasteiger partial charge on any atom is 0.306 e. The summed E-state index contributed by atoms with van der Waals surface area (Å²) in [5.74, 6) is 4.51. The molecule has 0 spiro atoms.